The molecule has 2 heterocycles. The highest BCUT2D eigenvalue weighted by Crippen LogP contribution is 2.23. The molecule has 0 unspecified atom stereocenters. The number of hydrogen-bond donors (Lipinski definition) is 1. The maximum Gasteiger partial charge on any atom is 0.251 e. The van der Waals surface area contributed by atoms with Crippen LogP contribution < -0.4 is 10.1 Å². The predicted octanol–water partition coefficient (Wildman–Crippen LogP) is 3.29. The first kappa shape index (κ1) is 21.5. The Labute approximate surface area is 187 Å². The molecule has 4 aromatic rings. The second-order valence-corrected chi connectivity index (χ2v) is 7.87. The number of nitrogens with zero attached hydrogens (tertiary/aromatic N) is 4. The van der Waals surface area contributed by atoms with Crippen molar-refractivity contribution >= 4 is 11.6 Å². The van der Waals surface area contributed by atoms with E-state index in [1.165, 1.54) is 0 Å². The van der Waals surface area contributed by atoms with E-state index in [1.807, 2.05) is 90.2 Å². The SMILES string of the molecule is COc1ccc(-c2cccc3nc(Cc4cccc(C(=O)NCCN(C)C)c4)nn23)cc1. The molecule has 0 bridgehead atoms. The van der Waals surface area contributed by atoms with Crippen molar-refractivity contribution in [3.05, 3.63) is 83.7 Å². The standard InChI is InChI=1S/C25H27N5O2/c1-29(2)15-14-26-25(31)20-7-4-6-18(16-20)17-23-27-24-9-5-8-22(30(24)28-23)19-10-12-21(32-3)13-11-19/h4-13,16H,14-15,17H2,1-3H3,(H,26,31). The largest absolute Gasteiger partial charge is 0.497 e. The zero-order valence-corrected chi connectivity index (χ0v) is 18.6. The monoisotopic (exact) mass is 429 g/mol. The van der Waals surface area contributed by atoms with E-state index in [1.54, 1.807) is 7.11 Å². The fourth-order valence-electron chi connectivity index (χ4n) is 3.51. The number of benzene rings is 2. The fourth-order valence-corrected chi connectivity index (χ4v) is 3.51. The number of hydrogen-bond acceptors (Lipinski definition) is 5. The highest BCUT2D eigenvalue weighted by molar-refractivity contribution is 5.94. The van der Waals surface area contributed by atoms with Gasteiger partial charge in [0.15, 0.2) is 11.5 Å². The molecule has 4 rings (SSSR count). The lowest BCUT2D eigenvalue weighted by Crippen LogP contribution is -2.31. The molecule has 0 spiro atoms. The van der Waals surface area contributed by atoms with Crippen molar-refractivity contribution in [3.63, 3.8) is 0 Å². The van der Waals surface area contributed by atoms with Crippen molar-refractivity contribution in [1.29, 1.82) is 0 Å². The molecule has 32 heavy (non-hydrogen) atoms. The van der Waals surface area contributed by atoms with E-state index in [0.717, 1.165) is 34.8 Å². The van der Waals surface area contributed by atoms with E-state index in [4.69, 9.17) is 14.8 Å². The summed E-state index contributed by atoms with van der Waals surface area (Å²) >= 11 is 0. The van der Waals surface area contributed by atoms with Crippen LogP contribution in [0.15, 0.2) is 66.7 Å². The summed E-state index contributed by atoms with van der Waals surface area (Å²) in [6.45, 7) is 1.41. The predicted molar refractivity (Wildman–Crippen MR) is 125 cm³/mol. The number of ether oxygens (including phenoxy) is 1. The van der Waals surface area contributed by atoms with Gasteiger partial charge in [-0.3, -0.25) is 4.79 Å². The van der Waals surface area contributed by atoms with Gasteiger partial charge in [0.05, 0.1) is 12.8 Å². The second-order valence-electron chi connectivity index (χ2n) is 7.87. The minimum absolute atomic E-state index is 0.0709. The van der Waals surface area contributed by atoms with Gasteiger partial charge in [0.1, 0.15) is 5.75 Å². The number of carbonyl (C=O) groups is 1. The molecule has 1 N–H and O–H groups in total. The highest BCUT2D eigenvalue weighted by Gasteiger charge is 2.11. The number of amides is 1. The molecule has 1 amide bonds. The Morgan fingerprint density at radius 2 is 1.84 bits per heavy atom. The minimum Gasteiger partial charge on any atom is -0.497 e. The molecule has 2 aromatic carbocycles. The quantitative estimate of drug-likeness (QED) is 0.465. The van der Waals surface area contributed by atoms with E-state index in [-0.39, 0.29) is 5.91 Å². The van der Waals surface area contributed by atoms with Crippen LogP contribution in [-0.2, 0) is 6.42 Å². The summed E-state index contributed by atoms with van der Waals surface area (Å²) in [5.74, 6) is 1.44. The smallest absolute Gasteiger partial charge is 0.251 e. The van der Waals surface area contributed by atoms with E-state index < -0.39 is 0 Å². The topological polar surface area (TPSA) is 71.8 Å². The molecular weight excluding hydrogens is 402 g/mol. The van der Waals surface area contributed by atoms with Crippen LogP contribution in [0.5, 0.6) is 5.75 Å². The molecular formula is C25H27N5O2. The molecule has 164 valence electrons. The summed E-state index contributed by atoms with van der Waals surface area (Å²) in [6.07, 6.45) is 0.544. The lowest BCUT2D eigenvalue weighted by molar-refractivity contribution is 0.0951. The third-order valence-corrected chi connectivity index (χ3v) is 5.19. The van der Waals surface area contributed by atoms with Gasteiger partial charge in [0.25, 0.3) is 5.91 Å². The van der Waals surface area contributed by atoms with Crippen LogP contribution in [-0.4, -0.2) is 59.7 Å². The van der Waals surface area contributed by atoms with Crippen LogP contribution in [0.4, 0.5) is 0 Å². The van der Waals surface area contributed by atoms with Gasteiger partial charge < -0.3 is 15.0 Å². The zero-order chi connectivity index (χ0) is 22.5. The lowest BCUT2D eigenvalue weighted by atomic mass is 10.1. The summed E-state index contributed by atoms with van der Waals surface area (Å²) in [5, 5.41) is 7.69. The van der Waals surface area contributed by atoms with Crippen molar-refractivity contribution < 1.29 is 9.53 Å². The fraction of sp³-hybridized carbons (Fsp3) is 0.240. The Morgan fingerprint density at radius 3 is 2.59 bits per heavy atom. The first-order valence-corrected chi connectivity index (χ1v) is 10.5. The Morgan fingerprint density at radius 1 is 1.06 bits per heavy atom. The molecule has 0 atom stereocenters. The van der Waals surface area contributed by atoms with Crippen molar-refractivity contribution in [3.8, 4) is 17.0 Å². The number of likely N-dealkylation sites (N-methyl/N-ethyl adjacent to an activating group) is 1. The number of pyridine rings is 1. The van der Waals surface area contributed by atoms with Crippen LogP contribution in [0.3, 0.4) is 0 Å². The number of methoxy groups -OCH3 is 1. The van der Waals surface area contributed by atoms with Gasteiger partial charge in [-0.1, -0.05) is 18.2 Å². The van der Waals surface area contributed by atoms with E-state index in [0.29, 0.717) is 24.4 Å². The maximum atomic E-state index is 12.4. The molecule has 7 heteroatoms. The number of aromatic nitrogens is 3. The third kappa shape index (κ3) is 4.95. The van der Waals surface area contributed by atoms with Crippen molar-refractivity contribution in [2.75, 3.05) is 34.3 Å². The third-order valence-electron chi connectivity index (χ3n) is 5.19. The summed E-state index contributed by atoms with van der Waals surface area (Å²) in [7, 11) is 5.62. The molecule has 0 aliphatic carbocycles. The molecule has 0 saturated heterocycles. The van der Waals surface area contributed by atoms with Gasteiger partial charge in [0, 0.05) is 30.6 Å². The zero-order valence-electron chi connectivity index (χ0n) is 18.6. The van der Waals surface area contributed by atoms with Gasteiger partial charge in [0.2, 0.25) is 0 Å². The Kier molecular flexibility index (Phi) is 6.47. The van der Waals surface area contributed by atoms with Crippen LogP contribution in [0.25, 0.3) is 16.9 Å². The van der Waals surface area contributed by atoms with Crippen LogP contribution >= 0.6 is 0 Å². The average Bonchev–Trinajstić information content (AvgIpc) is 3.21. The number of nitrogens with one attached hydrogen (secondary N) is 1. The summed E-state index contributed by atoms with van der Waals surface area (Å²) < 4.78 is 7.11. The summed E-state index contributed by atoms with van der Waals surface area (Å²) in [6, 6.07) is 21.4. The van der Waals surface area contributed by atoms with E-state index in [9.17, 15) is 4.79 Å². The Balaban J connectivity index is 1.54. The van der Waals surface area contributed by atoms with Crippen LogP contribution in [0, 0.1) is 0 Å². The summed E-state index contributed by atoms with van der Waals surface area (Å²) in [5.41, 5.74) is 4.41. The van der Waals surface area contributed by atoms with Crippen molar-refractivity contribution in [1.82, 2.24) is 24.8 Å². The first-order chi connectivity index (χ1) is 15.5. The average molecular weight is 430 g/mol. The highest BCUT2D eigenvalue weighted by atomic mass is 16.5. The van der Waals surface area contributed by atoms with Crippen LogP contribution in [0.1, 0.15) is 21.7 Å². The molecule has 0 fully saturated rings. The Hall–Kier alpha value is -3.71. The van der Waals surface area contributed by atoms with Gasteiger partial charge in [-0.25, -0.2) is 9.50 Å². The normalized spacial score (nSPS) is 11.1. The van der Waals surface area contributed by atoms with Gasteiger partial charge in [-0.05, 0) is 68.2 Å². The van der Waals surface area contributed by atoms with E-state index in [2.05, 4.69) is 5.32 Å². The lowest BCUT2D eigenvalue weighted by Gasteiger charge is -2.10. The number of fused-ring (bicyclic) bond motifs is 1. The van der Waals surface area contributed by atoms with Gasteiger partial charge in [-0.2, -0.15) is 5.10 Å². The van der Waals surface area contributed by atoms with Crippen LogP contribution in [0.2, 0.25) is 0 Å². The number of rotatable bonds is 8. The van der Waals surface area contributed by atoms with Crippen molar-refractivity contribution in [2.24, 2.45) is 0 Å². The molecule has 2 aromatic heterocycles. The Bertz CT molecular complexity index is 1210. The first-order valence-electron chi connectivity index (χ1n) is 10.5. The molecule has 0 aliphatic heterocycles. The molecule has 0 saturated carbocycles. The minimum atomic E-state index is -0.0709. The summed E-state index contributed by atoms with van der Waals surface area (Å²) in [4.78, 5) is 19.2. The molecule has 0 aliphatic rings. The number of carbonyl (C=O) groups excluding carboxylic acids is 1. The van der Waals surface area contributed by atoms with Gasteiger partial charge >= 0.3 is 0 Å². The maximum absolute atomic E-state index is 12.4. The molecule has 0 radical (unpaired) electrons. The van der Waals surface area contributed by atoms with Crippen molar-refractivity contribution in [2.45, 2.75) is 6.42 Å². The second kappa shape index (κ2) is 9.62. The van der Waals surface area contributed by atoms with E-state index >= 15 is 0 Å². The molecule has 7 nitrogen and oxygen atoms in total. The van der Waals surface area contributed by atoms with Gasteiger partial charge in [-0.15, -0.1) is 0 Å².